The molecule has 2 aromatic rings. The van der Waals surface area contributed by atoms with Crippen molar-refractivity contribution in [1.29, 1.82) is 0 Å². The van der Waals surface area contributed by atoms with Gasteiger partial charge in [0.2, 0.25) is 0 Å². The van der Waals surface area contributed by atoms with Crippen LogP contribution in [0.1, 0.15) is 25.0 Å². The maximum Gasteiger partial charge on any atom is 0.0702 e. The van der Waals surface area contributed by atoms with Crippen LogP contribution in [0.4, 0.5) is 0 Å². The van der Waals surface area contributed by atoms with E-state index in [1.807, 2.05) is 74.5 Å². The molecule has 1 atom stereocenters. The summed E-state index contributed by atoms with van der Waals surface area (Å²) in [4.78, 5) is 0. The Morgan fingerprint density at radius 1 is 0.903 bits per heavy atom. The van der Waals surface area contributed by atoms with Gasteiger partial charge in [-0.25, -0.2) is 0 Å². The molecule has 0 fully saturated rings. The van der Waals surface area contributed by atoms with E-state index in [2.05, 4.69) is 49.3 Å². The number of benzene rings is 2. The van der Waals surface area contributed by atoms with Gasteiger partial charge in [0.15, 0.2) is 0 Å². The van der Waals surface area contributed by atoms with Gasteiger partial charge in [0, 0.05) is 5.56 Å². The van der Waals surface area contributed by atoms with Gasteiger partial charge in [-0.2, -0.15) is 0 Å². The first kappa shape index (κ1) is 23.7. The van der Waals surface area contributed by atoms with E-state index in [1.54, 1.807) is 12.2 Å². The lowest BCUT2D eigenvalue weighted by Gasteiger charge is -2.14. The second-order valence-corrected chi connectivity index (χ2v) is 6.92. The van der Waals surface area contributed by atoms with Crippen LogP contribution < -0.4 is 0 Å². The Bertz CT molecular complexity index is 1050. The molecule has 1 N–H and O–H groups in total. The summed E-state index contributed by atoms with van der Waals surface area (Å²) in [6.07, 6.45) is 15.7. The van der Waals surface area contributed by atoms with Crippen LogP contribution in [0.25, 0.3) is 11.1 Å². The van der Waals surface area contributed by atoms with Gasteiger partial charge in [-0.3, -0.25) is 0 Å². The molecule has 0 aliphatic rings. The van der Waals surface area contributed by atoms with Gasteiger partial charge in [0.05, 0.1) is 12.5 Å². The zero-order valence-electron chi connectivity index (χ0n) is 18.4. The Balaban J connectivity index is 2.37. The lowest BCUT2D eigenvalue weighted by Crippen LogP contribution is -2.03. The van der Waals surface area contributed by atoms with Crippen molar-refractivity contribution >= 4 is 0 Å². The monoisotopic (exact) mass is 406 g/mol. The topological polar surface area (TPSA) is 20.2 Å². The van der Waals surface area contributed by atoms with Crippen LogP contribution in [0, 0.1) is 17.8 Å². The van der Waals surface area contributed by atoms with E-state index in [9.17, 15) is 5.11 Å². The highest BCUT2D eigenvalue weighted by molar-refractivity contribution is 5.64. The highest BCUT2D eigenvalue weighted by Crippen LogP contribution is 2.24. The standard InChI is InChI=1S/C30H30O/c1-5-9-12-26(8-4)30(29(10-6-2)11-7-3)22-17-24-13-18-27(19-14-24)28-20-15-25(23-31)16-21-28/h5-16,18-21,30-31H,1-2,23H2,3-4H3/b11-7-,12-9-,26-8+,29-10+. The lowest BCUT2D eigenvalue weighted by molar-refractivity contribution is 0.282. The van der Waals surface area contributed by atoms with Crippen LogP contribution in [0.3, 0.4) is 0 Å². The van der Waals surface area contributed by atoms with E-state index in [0.717, 1.165) is 33.4 Å². The summed E-state index contributed by atoms with van der Waals surface area (Å²) in [6.45, 7) is 11.7. The quantitative estimate of drug-likeness (QED) is 0.363. The van der Waals surface area contributed by atoms with Crippen molar-refractivity contribution in [3.8, 4) is 23.0 Å². The summed E-state index contributed by atoms with van der Waals surface area (Å²) >= 11 is 0. The number of rotatable bonds is 8. The molecule has 0 radical (unpaired) electrons. The maximum absolute atomic E-state index is 9.21. The van der Waals surface area contributed by atoms with E-state index in [0.29, 0.717) is 0 Å². The Kier molecular flexibility index (Phi) is 9.82. The van der Waals surface area contributed by atoms with Gasteiger partial charge < -0.3 is 5.11 Å². The maximum atomic E-state index is 9.21. The molecule has 2 aromatic carbocycles. The van der Waals surface area contributed by atoms with Gasteiger partial charge in [0.1, 0.15) is 0 Å². The molecule has 0 saturated heterocycles. The van der Waals surface area contributed by atoms with E-state index >= 15 is 0 Å². The summed E-state index contributed by atoms with van der Waals surface area (Å²) in [6, 6.07) is 16.2. The smallest absolute Gasteiger partial charge is 0.0702 e. The fourth-order valence-corrected chi connectivity index (χ4v) is 3.18. The molecule has 0 amide bonds. The van der Waals surface area contributed by atoms with E-state index in [4.69, 9.17) is 0 Å². The second kappa shape index (κ2) is 12.9. The van der Waals surface area contributed by atoms with Crippen LogP contribution in [0.15, 0.2) is 121 Å². The third kappa shape index (κ3) is 7.00. The van der Waals surface area contributed by atoms with Crippen molar-refractivity contribution in [3.63, 3.8) is 0 Å². The molecule has 2 rings (SSSR count). The van der Waals surface area contributed by atoms with Gasteiger partial charge in [-0.05, 0) is 53.8 Å². The van der Waals surface area contributed by atoms with Gasteiger partial charge >= 0.3 is 0 Å². The van der Waals surface area contributed by atoms with Crippen LogP contribution in [0.5, 0.6) is 0 Å². The zero-order chi connectivity index (χ0) is 22.5. The molecule has 0 aliphatic heterocycles. The minimum absolute atomic E-state index is 0.0572. The first-order valence-electron chi connectivity index (χ1n) is 10.4. The molecule has 1 heteroatoms. The van der Waals surface area contributed by atoms with Crippen molar-refractivity contribution in [2.45, 2.75) is 20.5 Å². The average Bonchev–Trinajstić information content (AvgIpc) is 2.81. The molecule has 0 aliphatic carbocycles. The van der Waals surface area contributed by atoms with Crippen molar-refractivity contribution in [2.75, 3.05) is 0 Å². The van der Waals surface area contributed by atoms with Crippen molar-refractivity contribution in [3.05, 3.63) is 133 Å². The summed E-state index contributed by atoms with van der Waals surface area (Å²) in [7, 11) is 0. The summed E-state index contributed by atoms with van der Waals surface area (Å²) < 4.78 is 0. The fraction of sp³-hybridized carbons (Fsp3) is 0.133. The number of aliphatic hydroxyl groups excluding tert-OH is 1. The highest BCUT2D eigenvalue weighted by Gasteiger charge is 2.12. The van der Waals surface area contributed by atoms with Crippen molar-refractivity contribution in [2.24, 2.45) is 5.92 Å². The first-order chi connectivity index (χ1) is 15.2. The Labute approximate surface area is 187 Å². The minimum Gasteiger partial charge on any atom is -0.392 e. The van der Waals surface area contributed by atoms with Crippen LogP contribution >= 0.6 is 0 Å². The van der Waals surface area contributed by atoms with Gasteiger partial charge in [-0.15, -0.1) is 0 Å². The average molecular weight is 407 g/mol. The molecule has 0 saturated carbocycles. The molecule has 0 heterocycles. The molecule has 0 aromatic heterocycles. The number of allylic oxidation sites excluding steroid dienone is 10. The second-order valence-electron chi connectivity index (χ2n) is 6.92. The first-order valence-corrected chi connectivity index (χ1v) is 10.4. The summed E-state index contributed by atoms with van der Waals surface area (Å²) in [5, 5.41) is 9.21. The lowest BCUT2D eigenvalue weighted by atomic mass is 9.89. The fourth-order valence-electron chi connectivity index (χ4n) is 3.18. The summed E-state index contributed by atoms with van der Waals surface area (Å²) in [5.41, 5.74) is 6.31. The van der Waals surface area contributed by atoms with E-state index in [-0.39, 0.29) is 12.5 Å². The normalized spacial score (nSPS) is 13.1. The Morgan fingerprint density at radius 2 is 1.55 bits per heavy atom. The summed E-state index contributed by atoms with van der Waals surface area (Å²) in [5.74, 6) is 6.71. The Morgan fingerprint density at radius 3 is 2.06 bits per heavy atom. The molecule has 0 bridgehead atoms. The molecular weight excluding hydrogens is 376 g/mol. The largest absolute Gasteiger partial charge is 0.392 e. The molecule has 0 spiro atoms. The molecule has 31 heavy (non-hydrogen) atoms. The predicted molar refractivity (Wildman–Crippen MR) is 134 cm³/mol. The van der Waals surface area contributed by atoms with Crippen LogP contribution in [-0.2, 0) is 6.61 Å². The van der Waals surface area contributed by atoms with Crippen molar-refractivity contribution < 1.29 is 5.11 Å². The molecule has 1 unspecified atom stereocenters. The van der Waals surface area contributed by atoms with Gasteiger partial charge in [-0.1, -0.05) is 110 Å². The van der Waals surface area contributed by atoms with Gasteiger partial charge in [0.25, 0.3) is 0 Å². The van der Waals surface area contributed by atoms with E-state index < -0.39 is 0 Å². The SMILES string of the molecule is C=C/C=C\C(=C/C)C(C#Cc1ccc(-c2ccc(CO)cc2)cc1)C(/C=C\C)=C/C=C. The van der Waals surface area contributed by atoms with Crippen LogP contribution in [0.2, 0.25) is 0 Å². The molecule has 156 valence electrons. The third-order valence-electron chi connectivity index (χ3n) is 4.81. The Hall–Kier alpha value is -3.60. The van der Waals surface area contributed by atoms with Crippen molar-refractivity contribution in [1.82, 2.24) is 0 Å². The minimum atomic E-state index is -0.0684. The highest BCUT2D eigenvalue weighted by atomic mass is 16.3. The number of hydrogen-bond acceptors (Lipinski definition) is 1. The predicted octanol–water partition coefficient (Wildman–Crippen LogP) is 7.19. The number of hydrogen-bond donors (Lipinski definition) is 1. The van der Waals surface area contributed by atoms with E-state index in [1.165, 1.54) is 0 Å². The molecular formula is C30H30O. The molecule has 1 nitrogen and oxygen atoms in total. The zero-order valence-corrected chi connectivity index (χ0v) is 18.4. The number of aliphatic hydroxyl groups is 1. The van der Waals surface area contributed by atoms with Crippen LogP contribution in [-0.4, -0.2) is 5.11 Å². The third-order valence-corrected chi connectivity index (χ3v) is 4.81.